The van der Waals surface area contributed by atoms with Gasteiger partial charge in [-0.3, -0.25) is 19.2 Å². The summed E-state index contributed by atoms with van der Waals surface area (Å²) in [5.74, 6) is -4.56. The van der Waals surface area contributed by atoms with Crippen molar-refractivity contribution in [1.82, 2.24) is 20.9 Å². The van der Waals surface area contributed by atoms with Crippen molar-refractivity contribution in [2.45, 2.75) is 91.1 Å². The van der Waals surface area contributed by atoms with Crippen LogP contribution < -0.4 is 16.0 Å². The van der Waals surface area contributed by atoms with E-state index in [1.165, 1.54) is 25.7 Å². The first-order chi connectivity index (χ1) is 16.7. The molecule has 4 amide bonds. The molecule has 2 heterocycles. The zero-order valence-corrected chi connectivity index (χ0v) is 22.2. The Kier molecular flexibility index (Phi) is 7.12. The van der Waals surface area contributed by atoms with E-state index in [-0.39, 0.29) is 36.1 Å². The summed E-state index contributed by atoms with van der Waals surface area (Å²) in [6, 6.07) is -1.50. The standard InChI is InChI=1S/C25H36F3N5O4/c1-22(2,3)17(31-21(37)25(26,27)28)20(36)33-11-14-15(24(14,6)7)16(33)19(35)30-13(10-29)8-12-9-23(4,5)32-18(12)34/h12-17H,8-9,11H2,1-7H3,(H,30,35)(H,31,37)(H,32,34). The van der Waals surface area contributed by atoms with Gasteiger partial charge in [-0.15, -0.1) is 0 Å². The number of carbonyl (C=O) groups excluding carboxylic acids is 4. The van der Waals surface area contributed by atoms with E-state index < -0.39 is 58.9 Å². The fourth-order valence-corrected chi connectivity index (χ4v) is 5.91. The van der Waals surface area contributed by atoms with Gasteiger partial charge in [0.2, 0.25) is 17.7 Å². The molecule has 37 heavy (non-hydrogen) atoms. The summed E-state index contributed by atoms with van der Waals surface area (Å²) in [5.41, 5.74) is -1.77. The molecule has 206 valence electrons. The second kappa shape index (κ2) is 9.17. The minimum absolute atomic E-state index is 0.0481. The van der Waals surface area contributed by atoms with E-state index in [2.05, 4.69) is 10.6 Å². The van der Waals surface area contributed by atoms with Crippen LogP contribution in [0.25, 0.3) is 0 Å². The highest BCUT2D eigenvalue weighted by Crippen LogP contribution is 2.65. The van der Waals surface area contributed by atoms with Crippen LogP contribution in [0.2, 0.25) is 0 Å². The third kappa shape index (κ3) is 5.70. The van der Waals surface area contributed by atoms with Crippen LogP contribution in [0.5, 0.6) is 0 Å². The average molecular weight is 528 g/mol. The molecule has 12 heteroatoms. The van der Waals surface area contributed by atoms with Crippen molar-refractivity contribution >= 4 is 23.6 Å². The van der Waals surface area contributed by atoms with E-state index >= 15 is 0 Å². The van der Waals surface area contributed by atoms with Gasteiger partial charge in [0.25, 0.3) is 0 Å². The molecule has 6 atom stereocenters. The largest absolute Gasteiger partial charge is 0.471 e. The van der Waals surface area contributed by atoms with Crippen molar-refractivity contribution in [2.24, 2.45) is 28.6 Å². The number of nitrogens with one attached hydrogen (secondary N) is 3. The van der Waals surface area contributed by atoms with Crippen molar-refractivity contribution in [3.8, 4) is 6.07 Å². The summed E-state index contributed by atoms with van der Waals surface area (Å²) in [5, 5.41) is 17.0. The Morgan fingerprint density at radius 3 is 2.22 bits per heavy atom. The minimum atomic E-state index is -5.17. The lowest BCUT2D eigenvalue weighted by atomic mass is 9.85. The minimum Gasteiger partial charge on any atom is -0.351 e. The molecule has 3 N–H and O–H groups in total. The summed E-state index contributed by atoms with van der Waals surface area (Å²) in [4.78, 5) is 52.2. The summed E-state index contributed by atoms with van der Waals surface area (Å²) in [6.07, 6.45) is -4.57. The van der Waals surface area contributed by atoms with Crippen molar-refractivity contribution in [1.29, 1.82) is 5.26 Å². The van der Waals surface area contributed by atoms with Crippen molar-refractivity contribution in [2.75, 3.05) is 6.54 Å². The van der Waals surface area contributed by atoms with E-state index in [1.54, 1.807) is 0 Å². The van der Waals surface area contributed by atoms with Gasteiger partial charge in [0.05, 0.1) is 6.07 Å². The molecule has 3 rings (SSSR count). The predicted octanol–water partition coefficient (Wildman–Crippen LogP) is 1.88. The van der Waals surface area contributed by atoms with Crippen LogP contribution in [0.3, 0.4) is 0 Å². The van der Waals surface area contributed by atoms with Crippen LogP contribution in [0.15, 0.2) is 0 Å². The highest BCUT2D eigenvalue weighted by molar-refractivity contribution is 5.95. The lowest BCUT2D eigenvalue weighted by Gasteiger charge is -2.37. The van der Waals surface area contributed by atoms with E-state index in [1.807, 2.05) is 39.1 Å². The Bertz CT molecular complexity index is 1030. The third-order valence-electron chi connectivity index (χ3n) is 7.99. The van der Waals surface area contributed by atoms with Gasteiger partial charge in [-0.25, -0.2) is 0 Å². The molecular formula is C25H36F3N5O4. The maximum atomic E-state index is 13.5. The summed E-state index contributed by atoms with van der Waals surface area (Å²) >= 11 is 0. The number of carbonyl (C=O) groups is 4. The van der Waals surface area contributed by atoms with Crippen LogP contribution in [-0.4, -0.2) is 64.9 Å². The fraction of sp³-hybridized carbons (Fsp3) is 0.800. The topological polar surface area (TPSA) is 131 Å². The van der Waals surface area contributed by atoms with Gasteiger partial charge in [-0.05, 0) is 49.4 Å². The molecule has 9 nitrogen and oxygen atoms in total. The SMILES string of the molecule is CC1(C)CC(CC(C#N)NC(=O)C2C3C(CN2C(=O)C(NC(=O)C(F)(F)F)C(C)(C)C)C3(C)C)C(=O)N1. The van der Waals surface area contributed by atoms with E-state index in [0.717, 1.165) is 0 Å². The van der Waals surface area contributed by atoms with E-state index in [9.17, 15) is 37.6 Å². The van der Waals surface area contributed by atoms with Gasteiger partial charge in [0.1, 0.15) is 18.1 Å². The quantitative estimate of drug-likeness (QED) is 0.485. The first-order valence-corrected chi connectivity index (χ1v) is 12.4. The Balaban J connectivity index is 1.80. The number of amides is 4. The Labute approximate surface area is 214 Å². The maximum absolute atomic E-state index is 13.5. The molecule has 0 aromatic rings. The van der Waals surface area contributed by atoms with Crippen molar-refractivity contribution in [3.05, 3.63) is 0 Å². The zero-order valence-electron chi connectivity index (χ0n) is 22.2. The average Bonchev–Trinajstić information content (AvgIpc) is 3.04. The summed E-state index contributed by atoms with van der Waals surface area (Å²) in [6.45, 7) is 12.4. The molecule has 1 saturated carbocycles. The van der Waals surface area contributed by atoms with Crippen LogP contribution >= 0.6 is 0 Å². The number of hydrogen-bond donors (Lipinski definition) is 3. The van der Waals surface area contributed by atoms with Crippen molar-refractivity contribution in [3.63, 3.8) is 0 Å². The number of rotatable bonds is 6. The predicted molar refractivity (Wildman–Crippen MR) is 126 cm³/mol. The molecule has 2 aliphatic heterocycles. The number of nitrogens with zero attached hydrogens (tertiary/aromatic N) is 2. The van der Waals surface area contributed by atoms with Gasteiger partial charge >= 0.3 is 12.1 Å². The van der Waals surface area contributed by atoms with Crippen LogP contribution in [0, 0.1) is 39.9 Å². The highest BCUT2D eigenvalue weighted by atomic mass is 19.4. The van der Waals surface area contributed by atoms with Gasteiger partial charge in [0, 0.05) is 18.0 Å². The lowest BCUT2D eigenvalue weighted by Crippen LogP contribution is -2.61. The smallest absolute Gasteiger partial charge is 0.351 e. The normalized spacial score (nSPS) is 29.4. The summed E-state index contributed by atoms with van der Waals surface area (Å²) < 4.78 is 38.9. The molecule has 0 radical (unpaired) electrons. The molecule has 3 aliphatic rings. The van der Waals surface area contributed by atoms with Gasteiger partial charge < -0.3 is 20.9 Å². The number of likely N-dealkylation sites (tertiary alicyclic amines) is 1. The number of piperidine rings is 1. The second-order valence-corrected chi connectivity index (χ2v) is 12.9. The second-order valence-electron chi connectivity index (χ2n) is 12.9. The summed E-state index contributed by atoms with van der Waals surface area (Å²) in [7, 11) is 0. The lowest BCUT2D eigenvalue weighted by molar-refractivity contribution is -0.176. The monoisotopic (exact) mass is 527 g/mol. The number of nitriles is 1. The molecule has 0 spiro atoms. The first kappa shape index (κ1) is 28.7. The number of fused-ring (bicyclic) bond motifs is 1. The van der Waals surface area contributed by atoms with Crippen LogP contribution in [0.4, 0.5) is 13.2 Å². The maximum Gasteiger partial charge on any atom is 0.471 e. The van der Waals surface area contributed by atoms with Crippen LogP contribution in [0.1, 0.15) is 61.3 Å². The molecular weight excluding hydrogens is 491 g/mol. The zero-order chi connectivity index (χ0) is 28.3. The Morgan fingerprint density at radius 2 is 1.76 bits per heavy atom. The molecule has 3 fully saturated rings. The molecule has 6 unspecified atom stereocenters. The molecule has 0 aromatic heterocycles. The van der Waals surface area contributed by atoms with E-state index in [0.29, 0.717) is 6.42 Å². The third-order valence-corrected chi connectivity index (χ3v) is 7.99. The van der Waals surface area contributed by atoms with E-state index in [4.69, 9.17) is 0 Å². The molecule has 0 bridgehead atoms. The van der Waals surface area contributed by atoms with Crippen LogP contribution in [-0.2, 0) is 19.2 Å². The Morgan fingerprint density at radius 1 is 1.16 bits per heavy atom. The number of halogens is 3. The van der Waals surface area contributed by atoms with Gasteiger partial charge in [-0.1, -0.05) is 34.6 Å². The Hall–Kier alpha value is -2.84. The highest BCUT2D eigenvalue weighted by Gasteiger charge is 2.70. The van der Waals surface area contributed by atoms with Gasteiger partial charge in [-0.2, -0.15) is 18.4 Å². The molecule has 1 aliphatic carbocycles. The van der Waals surface area contributed by atoms with Gasteiger partial charge in [0.15, 0.2) is 0 Å². The molecule has 2 saturated heterocycles. The molecule has 0 aromatic carbocycles. The fourth-order valence-electron chi connectivity index (χ4n) is 5.91. The number of hydrogen-bond acceptors (Lipinski definition) is 5. The number of alkyl halides is 3. The first-order valence-electron chi connectivity index (χ1n) is 12.4. The van der Waals surface area contributed by atoms with Crippen molar-refractivity contribution < 1.29 is 32.3 Å².